The summed E-state index contributed by atoms with van der Waals surface area (Å²) >= 11 is 3.81. The van der Waals surface area contributed by atoms with Crippen LogP contribution >= 0.6 is 15.9 Å². The van der Waals surface area contributed by atoms with E-state index in [1.165, 1.54) is 5.57 Å². The van der Waals surface area contributed by atoms with Crippen LogP contribution in [0, 0.1) is 10.8 Å². The van der Waals surface area contributed by atoms with Crippen molar-refractivity contribution in [2.45, 2.75) is 51.3 Å². The van der Waals surface area contributed by atoms with Crippen LogP contribution in [0.2, 0.25) is 0 Å². The second kappa shape index (κ2) is 4.08. The van der Waals surface area contributed by atoms with Gasteiger partial charge in [-0.3, -0.25) is 4.79 Å². The molecular weight excluding hydrogens is 276 g/mol. The Bertz CT molecular complexity index is 405. The van der Waals surface area contributed by atoms with Gasteiger partial charge in [0.2, 0.25) is 0 Å². The Morgan fingerprint density at radius 2 is 2.12 bits per heavy atom. The minimum Gasteiger partial charge on any atom is -0.295 e. The molecule has 1 spiro atoms. The molecule has 0 heterocycles. The van der Waals surface area contributed by atoms with Crippen LogP contribution in [-0.4, -0.2) is 10.6 Å². The number of rotatable bonds is 0. The van der Waals surface area contributed by atoms with Gasteiger partial charge in [-0.15, -0.1) is 0 Å². The van der Waals surface area contributed by atoms with Crippen LogP contribution in [0.15, 0.2) is 23.8 Å². The molecular formula is C15H21BrO. The summed E-state index contributed by atoms with van der Waals surface area (Å²) in [5, 5.41) is 0. The van der Waals surface area contributed by atoms with E-state index in [0.717, 1.165) is 24.8 Å². The smallest absolute Gasteiger partial charge is 0.159 e. The molecule has 0 saturated heterocycles. The SMILES string of the molecule is C=C1CC[C@H](Br)C(C)(C)[C@@]12CC=C(C)C(=O)C2. The van der Waals surface area contributed by atoms with Crippen molar-refractivity contribution in [2.24, 2.45) is 10.8 Å². The van der Waals surface area contributed by atoms with E-state index in [-0.39, 0.29) is 10.8 Å². The topological polar surface area (TPSA) is 17.1 Å². The lowest BCUT2D eigenvalue weighted by Crippen LogP contribution is -2.50. The Kier molecular flexibility index (Phi) is 3.14. The van der Waals surface area contributed by atoms with E-state index in [0.29, 0.717) is 17.0 Å². The van der Waals surface area contributed by atoms with Crippen molar-refractivity contribution in [1.29, 1.82) is 0 Å². The average Bonchev–Trinajstić information content (AvgIpc) is 2.27. The lowest BCUT2D eigenvalue weighted by atomic mass is 9.51. The van der Waals surface area contributed by atoms with Crippen LogP contribution in [0.1, 0.15) is 46.5 Å². The summed E-state index contributed by atoms with van der Waals surface area (Å²) in [4.78, 5) is 12.6. The van der Waals surface area contributed by atoms with E-state index >= 15 is 0 Å². The standard InChI is InChI=1S/C15H21BrO/c1-10-7-8-15(9-12(10)17)11(2)5-6-13(16)14(15,3)4/h7,13H,2,5-6,8-9H2,1,3-4H3/t13-,15+/m0/s1. The molecule has 0 aliphatic heterocycles. The van der Waals surface area contributed by atoms with Crippen LogP contribution in [-0.2, 0) is 4.79 Å². The Balaban J connectivity index is 2.47. The minimum atomic E-state index is -0.0317. The highest BCUT2D eigenvalue weighted by molar-refractivity contribution is 9.09. The fourth-order valence-corrected chi connectivity index (χ4v) is 4.01. The molecule has 2 aliphatic carbocycles. The zero-order valence-corrected chi connectivity index (χ0v) is 12.6. The Hall–Kier alpha value is -0.370. The van der Waals surface area contributed by atoms with E-state index in [1.54, 1.807) is 0 Å². The third-order valence-corrected chi connectivity index (χ3v) is 6.65. The molecule has 0 aromatic heterocycles. The molecule has 1 saturated carbocycles. The first-order chi connectivity index (χ1) is 7.81. The van der Waals surface area contributed by atoms with Crippen molar-refractivity contribution in [2.75, 3.05) is 0 Å². The van der Waals surface area contributed by atoms with Gasteiger partial charge in [-0.1, -0.05) is 48.0 Å². The zero-order chi connectivity index (χ0) is 12.8. The number of alkyl halides is 1. The fourth-order valence-electron chi connectivity index (χ4n) is 3.34. The van der Waals surface area contributed by atoms with Gasteiger partial charge in [-0.05, 0) is 37.2 Å². The number of carbonyl (C=O) groups is 1. The number of halogens is 1. The largest absolute Gasteiger partial charge is 0.295 e. The number of carbonyl (C=O) groups excluding carboxylic acids is 1. The number of Topliss-reactive ketones (excluding diaryl/α,β-unsaturated/α-hetero) is 1. The predicted octanol–water partition coefficient (Wildman–Crippen LogP) is 4.42. The normalized spacial score (nSPS) is 37.2. The molecule has 0 amide bonds. The van der Waals surface area contributed by atoms with Crippen LogP contribution in [0.3, 0.4) is 0 Å². The third kappa shape index (κ3) is 1.76. The van der Waals surface area contributed by atoms with Gasteiger partial charge in [0, 0.05) is 16.7 Å². The monoisotopic (exact) mass is 296 g/mol. The first-order valence-electron chi connectivity index (χ1n) is 6.33. The Labute approximate surface area is 112 Å². The molecule has 17 heavy (non-hydrogen) atoms. The summed E-state index contributed by atoms with van der Waals surface area (Å²) in [5.74, 6) is 0.298. The second-order valence-electron chi connectivity index (χ2n) is 6.10. The zero-order valence-electron chi connectivity index (χ0n) is 11.0. The lowest BCUT2D eigenvalue weighted by Gasteiger charge is -2.55. The van der Waals surface area contributed by atoms with Gasteiger partial charge in [0.25, 0.3) is 0 Å². The first-order valence-corrected chi connectivity index (χ1v) is 7.25. The molecule has 2 heteroatoms. The molecule has 1 fully saturated rings. The van der Waals surface area contributed by atoms with Gasteiger partial charge in [0.1, 0.15) is 0 Å². The van der Waals surface area contributed by atoms with E-state index < -0.39 is 0 Å². The molecule has 0 unspecified atom stereocenters. The van der Waals surface area contributed by atoms with Crippen LogP contribution in [0.5, 0.6) is 0 Å². The number of hydrogen-bond donors (Lipinski definition) is 0. The number of ketones is 1. The maximum absolute atomic E-state index is 12.1. The molecule has 0 bridgehead atoms. The quantitative estimate of drug-likeness (QED) is 0.478. The van der Waals surface area contributed by atoms with Crippen molar-refractivity contribution in [3.8, 4) is 0 Å². The van der Waals surface area contributed by atoms with Gasteiger partial charge in [0.05, 0.1) is 0 Å². The van der Waals surface area contributed by atoms with Crippen LogP contribution in [0.25, 0.3) is 0 Å². The maximum atomic E-state index is 12.1. The Morgan fingerprint density at radius 1 is 1.47 bits per heavy atom. The van der Waals surface area contributed by atoms with Crippen molar-refractivity contribution >= 4 is 21.7 Å². The summed E-state index contributed by atoms with van der Waals surface area (Å²) in [6, 6.07) is 0. The summed E-state index contributed by atoms with van der Waals surface area (Å²) < 4.78 is 0. The summed E-state index contributed by atoms with van der Waals surface area (Å²) in [5.41, 5.74) is 2.26. The van der Waals surface area contributed by atoms with E-state index in [4.69, 9.17) is 0 Å². The van der Waals surface area contributed by atoms with Gasteiger partial charge in [-0.2, -0.15) is 0 Å². The molecule has 0 aromatic carbocycles. The van der Waals surface area contributed by atoms with Crippen molar-refractivity contribution in [3.05, 3.63) is 23.8 Å². The van der Waals surface area contributed by atoms with Gasteiger partial charge in [0.15, 0.2) is 5.78 Å². The third-order valence-electron chi connectivity index (χ3n) is 5.05. The molecule has 0 N–H and O–H groups in total. The molecule has 2 rings (SSSR count). The van der Waals surface area contributed by atoms with Gasteiger partial charge >= 0.3 is 0 Å². The molecule has 1 nitrogen and oxygen atoms in total. The summed E-state index contributed by atoms with van der Waals surface area (Å²) in [6.45, 7) is 10.8. The molecule has 0 radical (unpaired) electrons. The molecule has 2 aliphatic rings. The second-order valence-corrected chi connectivity index (χ2v) is 7.21. The van der Waals surface area contributed by atoms with E-state index in [9.17, 15) is 4.79 Å². The summed E-state index contributed by atoms with van der Waals surface area (Å²) in [7, 11) is 0. The maximum Gasteiger partial charge on any atom is 0.159 e. The highest BCUT2D eigenvalue weighted by Crippen LogP contribution is 2.60. The molecule has 94 valence electrons. The average molecular weight is 297 g/mol. The minimum absolute atomic E-state index is 0.0317. The molecule has 0 aromatic rings. The van der Waals surface area contributed by atoms with Crippen LogP contribution in [0.4, 0.5) is 0 Å². The van der Waals surface area contributed by atoms with Crippen molar-refractivity contribution in [3.63, 3.8) is 0 Å². The fraction of sp³-hybridized carbons (Fsp3) is 0.667. The van der Waals surface area contributed by atoms with Gasteiger partial charge < -0.3 is 0 Å². The number of allylic oxidation sites excluding steroid dienone is 3. The van der Waals surface area contributed by atoms with Gasteiger partial charge in [-0.25, -0.2) is 0 Å². The van der Waals surface area contributed by atoms with Crippen molar-refractivity contribution < 1.29 is 4.79 Å². The van der Waals surface area contributed by atoms with Crippen molar-refractivity contribution in [1.82, 2.24) is 0 Å². The number of hydrogen-bond acceptors (Lipinski definition) is 1. The highest BCUT2D eigenvalue weighted by atomic mass is 79.9. The Morgan fingerprint density at radius 3 is 2.71 bits per heavy atom. The highest BCUT2D eigenvalue weighted by Gasteiger charge is 2.54. The lowest BCUT2D eigenvalue weighted by molar-refractivity contribution is -0.120. The van der Waals surface area contributed by atoms with E-state index in [1.807, 2.05) is 6.92 Å². The summed E-state index contributed by atoms with van der Waals surface area (Å²) in [6.07, 6.45) is 5.90. The predicted molar refractivity (Wildman–Crippen MR) is 75.3 cm³/mol. The molecule has 2 atom stereocenters. The van der Waals surface area contributed by atoms with E-state index in [2.05, 4.69) is 42.4 Å². The first kappa shape index (κ1) is 13.1. The van der Waals surface area contributed by atoms with Crippen LogP contribution < -0.4 is 0 Å².